The molecule has 0 amide bonds. The lowest BCUT2D eigenvalue weighted by molar-refractivity contribution is 0.0992. The molecule has 3 atom stereocenters. The zero-order chi connectivity index (χ0) is 17.9. The van der Waals surface area contributed by atoms with Gasteiger partial charge in [0.05, 0.1) is 29.6 Å². The van der Waals surface area contributed by atoms with Gasteiger partial charge in [0.2, 0.25) is 0 Å². The highest BCUT2D eigenvalue weighted by molar-refractivity contribution is 5.80. The summed E-state index contributed by atoms with van der Waals surface area (Å²) >= 11 is 0. The molecule has 4 rings (SSSR count). The van der Waals surface area contributed by atoms with Crippen molar-refractivity contribution in [2.45, 2.75) is 43.9 Å². The van der Waals surface area contributed by atoms with Crippen LogP contribution in [-0.4, -0.2) is 47.6 Å². The zero-order valence-electron chi connectivity index (χ0n) is 14.9. The molecule has 0 saturated carbocycles. The van der Waals surface area contributed by atoms with Crippen molar-refractivity contribution in [3.05, 3.63) is 48.0 Å². The van der Waals surface area contributed by atoms with Gasteiger partial charge in [0, 0.05) is 26.2 Å². The second kappa shape index (κ2) is 7.45. The molecule has 2 aromatic rings. The second-order valence-electron chi connectivity index (χ2n) is 6.84. The van der Waals surface area contributed by atoms with Gasteiger partial charge in [0.15, 0.2) is 5.96 Å². The van der Waals surface area contributed by atoms with Crippen LogP contribution in [-0.2, 0) is 11.2 Å². The SMILES string of the molecule is CN=C(NCCc1ccn(-c2ccc(F)cc2)n1)NC1CC2CCC1O2. The number of benzene rings is 1. The van der Waals surface area contributed by atoms with E-state index in [1.807, 2.05) is 12.3 Å². The van der Waals surface area contributed by atoms with Crippen molar-refractivity contribution in [1.29, 1.82) is 0 Å². The van der Waals surface area contributed by atoms with E-state index in [9.17, 15) is 4.39 Å². The molecule has 2 aliphatic rings. The molecule has 1 aromatic heterocycles. The lowest BCUT2D eigenvalue weighted by Crippen LogP contribution is -2.47. The number of ether oxygens (including phenoxy) is 1. The van der Waals surface area contributed by atoms with Crippen LogP contribution < -0.4 is 10.6 Å². The highest BCUT2D eigenvalue weighted by Gasteiger charge is 2.41. The fourth-order valence-corrected chi connectivity index (χ4v) is 3.70. The normalized spacial score (nSPS) is 24.8. The third-order valence-electron chi connectivity index (χ3n) is 5.06. The van der Waals surface area contributed by atoms with Crippen LogP contribution in [0.15, 0.2) is 41.5 Å². The number of fused-ring (bicyclic) bond motifs is 2. The van der Waals surface area contributed by atoms with Crippen molar-refractivity contribution in [2.75, 3.05) is 13.6 Å². The lowest BCUT2D eigenvalue weighted by atomic mass is 9.96. The smallest absolute Gasteiger partial charge is 0.191 e. The van der Waals surface area contributed by atoms with E-state index in [4.69, 9.17) is 4.74 Å². The minimum absolute atomic E-state index is 0.245. The standard InChI is InChI=1S/C19H24FN5O/c1-21-19(23-17-12-16-6-7-18(17)26-16)22-10-8-14-9-11-25(24-14)15-4-2-13(20)3-5-15/h2-5,9,11,16-18H,6-8,10,12H2,1H3,(H2,21,22,23). The fourth-order valence-electron chi connectivity index (χ4n) is 3.70. The quantitative estimate of drug-likeness (QED) is 0.635. The highest BCUT2D eigenvalue weighted by atomic mass is 19.1. The van der Waals surface area contributed by atoms with E-state index < -0.39 is 0 Å². The van der Waals surface area contributed by atoms with E-state index in [1.54, 1.807) is 23.9 Å². The molecular weight excluding hydrogens is 333 g/mol. The van der Waals surface area contributed by atoms with Gasteiger partial charge in [-0.2, -0.15) is 5.10 Å². The minimum Gasteiger partial charge on any atom is -0.373 e. The van der Waals surface area contributed by atoms with Gasteiger partial charge in [-0.3, -0.25) is 4.99 Å². The summed E-state index contributed by atoms with van der Waals surface area (Å²) in [5, 5.41) is 11.4. The minimum atomic E-state index is -0.245. The molecule has 26 heavy (non-hydrogen) atoms. The number of rotatable bonds is 5. The van der Waals surface area contributed by atoms with Crippen LogP contribution in [0.25, 0.3) is 5.69 Å². The Bertz CT molecular complexity index is 772. The first-order chi connectivity index (χ1) is 12.7. The molecule has 0 aliphatic carbocycles. The molecule has 2 fully saturated rings. The zero-order valence-corrected chi connectivity index (χ0v) is 14.9. The van der Waals surface area contributed by atoms with Gasteiger partial charge in [-0.25, -0.2) is 9.07 Å². The third-order valence-corrected chi connectivity index (χ3v) is 5.06. The van der Waals surface area contributed by atoms with Gasteiger partial charge < -0.3 is 15.4 Å². The maximum Gasteiger partial charge on any atom is 0.191 e. The predicted molar refractivity (Wildman–Crippen MR) is 98.0 cm³/mol. The summed E-state index contributed by atoms with van der Waals surface area (Å²) in [5.74, 6) is 0.564. The number of hydrogen-bond acceptors (Lipinski definition) is 3. The monoisotopic (exact) mass is 357 g/mol. The van der Waals surface area contributed by atoms with Crippen LogP contribution in [0.2, 0.25) is 0 Å². The molecule has 2 aliphatic heterocycles. The Labute approximate surface area is 152 Å². The summed E-state index contributed by atoms with van der Waals surface area (Å²) in [5.41, 5.74) is 1.82. The van der Waals surface area contributed by atoms with E-state index in [1.165, 1.54) is 18.6 Å². The molecule has 1 aromatic carbocycles. The number of hydrogen-bond donors (Lipinski definition) is 2. The third kappa shape index (κ3) is 3.72. The van der Waals surface area contributed by atoms with Gasteiger partial charge in [0.1, 0.15) is 5.82 Å². The summed E-state index contributed by atoms with van der Waals surface area (Å²) in [6.07, 6.45) is 6.81. The number of aliphatic imine (C=N–C) groups is 1. The maximum atomic E-state index is 13.0. The van der Waals surface area contributed by atoms with Crippen molar-refractivity contribution in [2.24, 2.45) is 4.99 Å². The van der Waals surface area contributed by atoms with Crippen molar-refractivity contribution in [3.63, 3.8) is 0 Å². The van der Waals surface area contributed by atoms with Crippen LogP contribution in [0.4, 0.5) is 4.39 Å². The molecule has 6 nitrogen and oxygen atoms in total. The number of nitrogens with one attached hydrogen (secondary N) is 2. The van der Waals surface area contributed by atoms with Crippen LogP contribution in [0, 0.1) is 5.82 Å². The maximum absolute atomic E-state index is 13.0. The summed E-state index contributed by atoms with van der Waals surface area (Å²) in [4.78, 5) is 4.31. The van der Waals surface area contributed by atoms with Crippen LogP contribution >= 0.6 is 0 Å². The summed E-state index contributed by atoms with van der Waals surface area (Å²) in [6.45, 7) is 0.738. The molecule has 2 bridgehead atoms. The number of nitrogens with zero attached hydrogens (tertiary/aromatic N) is 3. The Morgan fingerprint density at radius 3 is 2.85 bits per heavy atom. The molecule has 138 valence electrons. The highest BCUT2D eigenvalue weighted by Crippen LogP contribution is 2.34. The Morgan fingerprint density at radius 2 is 2.15 bits per heavy atom. The van der Waals surface area contributed by atoms with E-state index in [0.717, 1.165) is 43.1 Å². The van der Waals surface area contributed by atoms with Gasteiger partial charge in [-0.05, 0) is 49.6 Å². The first kappa shape index (κ1) is 17.0. The Morgan fingerprint density at radius 1 is 1.31 bits per heavy atom. The summed E-state index contributed by atoms with van der Waals surface area (Å²) in [7, 11) is 1.78. The topological polar surface area (TPSA) is 63.5 Å². The van der Waals surface area contributed by atoms with Crippen molar-refractivity contribution in [3.8, 4) is 5.69 Å². The second-order valence-corrected chi connectivity index (χ2v) is 6.84. The number of aromatic nitrogens is 2. The largest absolute Gasteiger partial charge is 0.373 e. The first-order valence-electron chi connectivity index (χ1n) is 9.14. The van der Waals surface area contributed by atoms with Gasteiger partial charge >= 0.3 is 0 Å². The predicted octanol–water partition coefficient (Wildman–Crippen LogP) is 2.04. The lowest BCUT2D eigenvalue weighted by Gasteiger charge is -2.22. The van der Waals surface area contributed by atoms with Gasteiger partial charge in [-0.1, -0.05) is 0 Å². The van der Waals surface area contributed by atoms with Gasteiger partial charge in [0.25, 0.3) is 0 Å². The Balaban J connectivity index is 1.27. The fraction of sp³-hybridized carbons (Fsp3) is 0.474. The van der Waals surface area contributed by atoms with Crippen molar-refractivity contribution < 1.29 is 9.13 Å². The molecule has 2 N–H and O–H groups in total. The average molecular weight is 357 g/mol. The Kier molecular flexibility index (Phi) is 4.88. The van der Waals surface area contributed by atoms with E-state index in [-0.39, 0.29) is 5.82 Å². The molecule has 2 saturated heterocycles. The van der Waals surface area contributed by atoms with E-state index in [2.05, 4.69) is 20.7 Å². The summed E-state index contributed by atoms with van der Waals surface area (Å²) < 4.78 is 20.6. The van der Waals surface area contributed by atoms with Crippen LogP contribution in [0.3, 0.4) is 0 Å². The van der Waals surface area contributed by atoms with E-state index >= 15 is 0 Å². The van der Waals surface area contributed by atoms with Crippen LogP contribution in [0.1, 0.15) is 25.0 Å². The van der Waals surface area contributed by atoms with Crippen molar-refractivity contribution >= 4 is 5.96 Å². The van der Waals surface area contributed by atoms with E-state index in [0.29, 0.717) is 18.2 Å². The number of halogens is 1. The van der Waals surface area contributed by atoms with Gasteiger partial charge in [-0.15, -0.1) is 0 Å². The first-order valence-corrected chi connectivity index (χ1v) is 9.14. The van der Waals surface area contributed by atoms with Crippen molar-refractivity contribution in [1.82, 2.24) is 20.4 Å². The average Bonchev–Trinajstić information content (AvgIpc) is 3.38. The molecule has 0 radical (unpaired) electrons. The Hall–Kier alpha value is -2.41. The molecular formula is C19H24FN5O. The molecule has 0 spiro atoms. The van der Waals surface area contributed by atoms with Crippen LogP contribution in [0.5, 0.6) is 0 Å². The number of guanidine groups is 1. The molecule has 3 heterocycles. The molecule has 3 unspecified atom stereocenters. The summed E-state index contributed by atoms with van der Waals surface area (Å²) in [6, 6.07) is 8.64. The molecule has 7 heteroatoms.